The maximum absolute atomic E-state index is 11.8. The zero-order valence-corrected chi connectivity index (χ0v) is 13.7. The summed E-state index contributed by atoms with van der Waals surface area (Å²) in [6, 6.07) is 14.1. The summed E-state index contributed by atoms with van der Waals surface area (Å²) in [5, 5.41) is 2.69. The molecule has 0 spiro atoms. The van der Waals surface area contributed by atoms with Crippen molar-refractivity contribution in [1.82, 2.24) is 0 Å². The number of ether oxygens (including phenoxy) is 2. The van der Waals surface area contributed by atoms with E-state index < -0.39 is 0 Å². The molecule has 0 heterocycles. The van der Waals surface area contributed by atoms with Crippen molar-refractivity contribution < 1.29 is 19.1 Å². The first-order valence-electron chi connectivity index (χ1n) is 6.92. The normalized spacial score (nSPS) is 10.0. The molecular formula is C17H17NO4S. The largest absolute Gasteiger partial charge is 0.497 e. The van der Waals surface area contributed by atoms with Crippen molar-refractivity contribution in [3.8, 4) is 11.5 Å². The molecule has 2 aromatic carbocycles. The predicted molar refractivity (Wildman–Crippen MR) is 90.1 cm³/mol. The van der Waals surface area contributed by atoms with Crippen LogP contribution < -0.4 is 14.8 Å². The second kappa shape index (κ2) is 8.24. The molecule has 5 nitrogen and oxygen atoms in total. The van der Waals surface area contributed by atoms with Gasteiger partial charge in [-0.15, -0.1) is 11.8 Å². The number of anilines is 1. The number of benzene rings is 2. The summed E-state index contributed by atoms with van der Waals surface area (Å²) in [6.45, 7) is 1.46. The molecule has 6 heteroatoms. The van der Waals surface area contributed by atoms with E-state index in [1.807, 2.05) is 12.1 Å². The number of rotatable bonds is 6. The molecule has 0 aliphatic heterocycles. The van der Waals surface area contributed by atoms with E-state index in [0.717, 1.165) is 10.6 Å². The standard InChI is InChI=1S/C17H17NO4S/c1-12(19)18-13-3-9-16(10-4-13)23-11-17(20)22-15-7-5-14(21-2)6-8-15/h3-10H,11H2,1-2H3,(H,18,19). The smallest absolute Gasteiger partial charge is 0.321 e. The third-order valence-corrected chi connectivity index (χ3v) is 3.81. The minimum Gasteiger partial charge on any atom is -0.497 e. The second-order valence-electron chi connectivity index (χ2n) is 4.64. The molecular weight excluding hydrogens is 314 g/mol. The number of hydrogen-bond donors (Lipinski definition) is 1. The molecule has 0 atom stereocenters. The lowest BCUT2D eigenvalue weighted by atomic mass is 10.3. The lowest BCUT2D eigenvalue weighted by Crippen LogP contribution is -2.10. The van der Waals surface area contributed by atoms with Crippen LogP contribution in [0.1, 0.15) is 6.92 Å². The number of methoxy groups -OCH3 is 1. The zero-order valence-electron chi connectivity index (χ0n) is 12.9. The molecule has 0 aliphatic carbocycles. The van der Waals surface area contributed by atoms with Crippen LogP contribution in [0.4, 0.5) is 5.69 Å². The molecule has 0 radical (unpaired) electrons. The van der Waals surface area contributed by atoms with E-state index in [1.165, 1.54) is 18.7 Å². The summed E-state index contributed by atoms with van der Waals surface area (Å²) in [7, 11) is 1.58. The van der Waals surface area contributed by atoms with Crippen molar-refractivity contribution in [2.24, 2.45) is 0 Å². The van der Waals surface area contributed by atoms with E-state index in [0.29, 0.717) is 11.5 Å². The maximum atomic E-state index is 11.8. The van der Waals surface area contributed by atoms with Gasteiger partial charge in [0, 0.05) is 17.5 Å². The van der Waals surface area contributed by atoms with Crippen LogP contribution in [0.15, 0.2) is 53.4 Å². The molecule has 120 valence electrons. The number of carbonyl (C=O) groups excluding carboxylic acids is 2. The van der Waals surface area contributed by atoms with E-state index in [2.05, 4.69) is 5.32 Å². The van der Waals surface area contributed by atoms with Crippen LogP contribution in [0.3, 0.4) is 0 Å². The molecule has 0 bridgehead atoms. The van der Waals surface area contributed by atoms with Crippen molar-refractivity contribution in [3.63, 3.8) is 0 Å². The van der Waals surface area contributed by atoms with Crippen LogP contribution in [0.5, 0.6) is 11.5 Å². The Morgan fingerprint density at radius 2 is 1.61 bits per heavy atom. The van der Waals surface area contributed by atoms with E-state index in [4.69, 9.17) is 9.47 Å². The Hall–Kier alpha value is -2.47. The number of carbonyl (C=O) groups is 2. The fourth-order valence-corrected chi connectivity index (χ4v) is 2.46. The van der Waals surface area contributed by atoms with Gasteiger partial charge >= 0.3 is 5.97 Å². The highest BCUT2D eigenvalue weighted by molar-refractivity contribution is 8.00. The molecule has 0 aliphatic rings. The van der Waals surface area contributed by atoms with Gasteiger partial charge in [0.15, 0.2) is 0 Å². The van der Waals surface area contributed by atoms with Crippen LogP contribution in [0.25, 0.3) is 0 Å². The number of thioether (sulfide) groups is 1. The molecule has 0 fully saturated rings. The third-order valence-electron chi connectivity index (χ3n) is 2.82. The fraction of sp³-hybridized carbons (Fsp3) is 0.176. The average Bonchev–Trinajstić information content (AvgIpc) is 2.54. The SMILES string of the molecule is COc1ccc(OC(=O)CSc2ccc(NC(C)=O)cc2)cc1. The highest BCUT2D eigenvalue weighted by Crippen LogP contribution is 2.22. The number of amides is 1. The topological polar surface area (TPSA) is 64.6 Å². The van der Waals surface area contributed by atoms with Crippen LogP contribution in [-0.4, -0.2) is 24.7 Å². The predicted octanol–water partition coefficient (Wildman–Crippen LogP) is 3.35. The van der Waals surface area contributed by atoms with Gasteiger partial charge in [0.25, 0.3) is 0 Å². The molecule has 2 rings (SSSR count). The van der Waals surface area contributed by atoms with Crippen molar-refractivity contribution in [1.29, 1.82) is 0 Å². The molecule has 23 heavy (non-hydrogen) atoms. The highest BCUT2D eigenvalue weighted by Gasteiger charge is 2.06. The minimum absolute atomic E-state index is 0.117. The molecule has 2 aromatic rings. The maximum Gasteiger partial charge on any atom is 0.321 e. The summed E-state index contributed by atoms with van der Waals surface area (Å²) in [5.41, 5.74) is 0.725. The molecule has 0 saturated carbocycles. The number of hydrogen-bond acceptors (Lipinski definition) is 5. The number of nitrogens with one attached hydrogen (secondary N) is 1. The average molecular weight is 331 g/mol. The van der Waals surface area contributed by atoms with Gasteiger partial charge in [0.1, 0.15) is 11.5 Å². The lowest BCUT2D eigenvalue weighted by molar-refractivity contribution is -0.131. The lowest BCUT2D eigenvalue weighted by Gasteiger charge is -2.06. The first-order valence-corrected chi connectivity index (χ1v) is 7.90. The minimum atomic E-state index is -0.328. The molecule has 0 unspecified atom stereocenters. The van der Waals surface area contributed by atoms with Crippen LogP contribution in [-0.2, 0) is 9.59 Å². The Morgan fingerprint density at radius 1 is 1.00 bits per heavy atom. The summed E-state index contributed by atoms with van der Waals surface area (Å²) in [6.07, 6.45) is 0. The summed E-state index contributed by atoms with van der Waals surface area (Å²) >= 11 is 1.37. The van der Waals surface area contributed by atoms with Gasteiger partial charge in [0.05, 0.1) is 12.9 Å². The monoisotopic (exact) mass is 331 g/mol. The van der Waals surface area contributed by atoms with Gasteiger partial charge in [-0.3, -0.25) is 9.59 Å². The first-order chi connectivity index (χ1) is 11.1. The Labute approximate surface area is 139 Å². The Balaban J connectivity index is 1.82. The van der Waals surface area contributed by atoms with E-state index in [-0.39, 0.29) is 17.6 Å². The van der Waals surface area contributed by atoms with Gasteiger partial charge in [-0.1, -0.05) is 0 Å². The Bertz CT molecular complexity index is 668. The Kier molecular flexibility index (Phi) is 6.05. The third kappa shape index (κ3) is 5.67. The second-order valence-corrected chi connectivity index (χ2v) is 5.69. The van der Waals surface area contributed by atoms with Gasteiger partial charge in [-0.2, -0.15) is 0 Å². The summed E-state index contributed by atoms with van der Waals surface area (Å²) in [4.78, 5) is 23.7. The van der Waals surface area contributed by atoms with Crippen molar-refractivity contribution >= 4 is 29.3 Å². The van der Waals surface area contributed by atoms with Crippen molar-refractivity contribution in [2.45, 2.75) is 11.8 Å². The van der Waals surface area contributed by atoms with Crippen molar-refractivity contribution in [3.05, 3.63) is 48.5 Å². The fourth-order valence-electron chi connectivity index (χ4n) is 1.78. The Morgan fingerprint density at radius 3 is 2.17 bits per heavy atom. The van der Waals surface area contributed by atoms with E-state index in [9.17, 15) is 9.59 Å². The molecule has 1 N–H and O–H groups in total. The van der Waals surface area contributed by atoms with Gasteiger partial charge in [-0.25, -0.2) is 0 Å². The van der Waals surface area contributed by atoms with Crippen LogP contribution in [0, 0.1) is 0 Å². The summed E-state index contributed by atoms with van der Waals surface area (Å²) < 4.78 is 10.3. The van der Waals surface area contributed by atoms with E-state index >= 15 is 0 Å². The number of esters is 1. The first kappa shape index (κ1) is 16.9. The van der Waals surface area contributed by atoms with Crippen LogP contribution in [0.2, 0.25) is 0 Å². The quantitative estimate of drug-likeness (QED) is 0.499. The van der Waals surface area contributed by atoms with Gasteiger partial charge in [-0.05, 0) is 48.5 Å². The van der Waals surface area contributed by atoms with Gasteiger partial charge < -0.3 is 14.8 Å². The zero-order chi connectivity index (χ0) is 16.7. The van der Waals surface area contributed by atoms with E-state index in [1.54, 1.807) is 43.5 Å². The molecule has 1 amide bonds. The van der Waals surface area contributed by atoms with Gasteiger partial charge in [0.2, 0.25) is 5.91 Å². The highest BCUT2D eigenvalue weighted by atomic mass is 32.2. The van der Waals surface area contributed by atoms with Crippen LogP contribution >= 0.6 is 11.8 Å². The molecule has 0 saturated heterocycles. The molecule has 0 aromatic heterocycles. The summed E-state index contributed by atoms with van der Waals surface area (Å²) in [5.74, 6) is 0.946. The van der Waals surface area contributed by atoms with Crippen molar-refractivity contribution in [2.75, 3.05) is 18.2 Å².